The van der Waals surface area contributed by atoms with Gasteiger partial charge < -0.3 is 10.5 Å². The largest absolute Gasteiger partial charge is 0.480 e. The standard InChI is InChI=1S/C15H18FNOS/c1-9-5-4-6-12(14(9)16)18-15(11(3)17)13-8-7-10(2)19-13/h4-8,11,15H,17H2,1-3H3. The van der Waals surface area contributed by atoms with Gasteiger partial charge in [-0.15, -0.1) is 11.3 Å². The molecule has 0 aliphatic rings. The molecule has 0 spiro atoms. The average Bonchev–Trinajstić information content (AvgIpc) is 2.77. The molecule has 0 saturated carbocycles. The highest BCUT2D eigenvalue weighted by Crippen LogP contribution is 2.31. The third-order valence-electron chi connectivity index (χ3n) is 2.93. The molecule has 0 amide bonds. The fraction of sp³-hybridized carbons (Fsp3) is 0.333. The summed E-state index contributed by atoms with van der Waals surface area (Å²) in [6.45, 7) is 5.62. The molecule has 2 atom stereocenters. The second-order valence-electron chi connectivity index (χ2n) is 4.73. The molecule has 1 heterocycles. The van der Waals surface area contributed by atoms with Crippen LogP contribution in [0.15, 0.2) is 30.3 Å². The second-order valence-corrected chi connectivity index (χ2v) is 6.05. The molecule has 0 saturated heterocycles. The van der Waals surface area contributed by atoms with Gasteiger partial charge in [-0.3, -0.25) is 0 Å². The second kappa shape index (κ2) is 5.72. The third kappa shape index (κ3) is 3.14. The molecule has 19 heavy (non-hydrogen) atoms. The van der Waals surface area contributed by atoms with E-state index < -0.39 is 0 Å². The summed E-state index contributed by atoms with van der Waals surface area (Å²) in [7, 11) is 0. The Morgan fingerprint density at radius 3 is 2.53 bits per heavy atom. The molecule has 2 rings (SSSR count). The highest BCUT2D eigenvalue weighted by Gasteiger charge is 2.21. The lowest BCUT2D eigenvalue weighted by Gasteiger charge is -2.22. The lowest BCUT2D eigenvalue weighted by atomic mass is 10.1. The predicted molar refractivity (Wildman–Crippen MR) is 77.2 cm³/mol. The summed E-state index contributed by atoms with van der Waals surface area (Å²) in [5.41, 5.74) is 6.55. The summed E-state index contributed by atoms with van der Waals surface area (Å²) in [5, 5.41) is 0. The first-order chi connectivity index (χ1) is 8.99. The zero-order valence-corrected chi connectivity index (χ0v) is 12.1. The topological polar surface area (TPSA) is 35.2 Å². The molecule has 102 valence electrons. The van der Waals surface area contributed by atoms with Crippen LogP contribution in [0.4, 0.5) is 4.39 Å². The number of aryl methyl sites for hydroxylation is 2. The van der Waals surface area contributed by atoms with Gasteiger partial charge in [0.15, 0.2) is 11.6 Å². The smallest absolute Gasteiger partial charge is 0.167 e. The van der Waals surface area contributed by atoms with E-state index >= 15 is 0 Å². The normalized spacial score (nSPS) is 14.2. The van der Waals surface area contributed by atoms with Crippen molar-refractivity contribution in [2.24, 2.45) is 5.73 Å². The number of benzene rings is 1. The van der Waals surface area contributed by atoms with E-state index in [1.807, 2.05) is 26.0 Å². The Hall–Kier alpha value is -1.39. The molecule has 0 aliphatic carbocycles. The van der Waals surface area contributed by atoms with E-state index in [0.717, 1.165) is 4.88 Å². The van der Waals surface area contributed by atoms with Crippen LogP contribution in [-0.2, 0) is 0 Å². The van der Waals surface area contributed by atoms with E-state index in [2.05, 4.69) is 0 Å². The van der Waals surface area contributed by atoms with Gasteiger partial charge in [0.25, 0.3) is 0 Å². The minimum absolute atomic E-state index is 0.210. The number of thiophene rings is 1. The highest BCUT2D eigenvalue weighted by molar-refractivity contribution is 7.12. The first-order valence-electron chi connectivity index (χ1n) is 6.22. The fourth-order valence-electron chi connectivity index (χ4n) is 1.88. The summed E-state index contributed by atoms with van der Waals surface area (Å²) in [4.78, 5) is 2.21. The van der Waals surface area contributed by atoms with Crippen LogP contribution in [0, 0.1) is 19.7 Å². The van der Waals surface area contributed by atoms with E-state index in [1.54, 1.807) is 36.5 Å². The Balaban J connectivity index is 2.29. The van der Waals surface area contributed by atoms with Crippen LogP contribution >= 0.6 is 11.3 Å². The van der Waals surface area contributed by atoms with Gasteiger partial charge in [0.2, 0.25) is 0 Å². The zero-order valence-electron chi connectivity index (χ0n) is 11.3. The summed E-state index contributed by atoms with van der Waals surface area (Å²) >= 11 is 1.63. The number of hydrogen-bond donors (Lipinski definition) is 1. The third-order valence-corrected chi connectivity index (χ3v) is 3.99. The number of hydrogen-bond acceptors (Lipinski definition) is 3. The van der Waals surface area contributed by atoms with Crippen molar-refractivity contribution >= 4 is 11.3 Å². The van der Waals surface area contributed by atoms with Gasteiger partial charge in [-0.1, -0.05) is 12.1 Å². The first kappa shape index (κ1) is 14.0. The summed E-state index contributed by atoms with van der Waals surface area (Å²) in [6, 6.07) is 8.94. The molecule has 1 aromatic carbocycles. The van der Waals surface area contributed by atoms with Crippen LogP contribution in [0.5, 0.6) is 5.75 Å². The molecule has 4 heteroatoms. The molecule has 2 unspecified atom stereocenters. The van der Waals surface area contributed by atoms with Gasteiger partial charge >= 0.3 is 0 Å². The zero-order chi connectivity index (χ0) is 14.0. The van der Waals surface area contributed by atoms with Crippen LogP contribution in [0.25, 0.3) is 0 Å². The van der Waals surface area contributed by atoms with Gasteiger partial charge in [-0.2, -0.15) is 0 Å². The van der Waals surface area contributed by atoms with Crippen molar-refractivity contribution in [3.8, 4) is 5.75 Å². The van der Waals surface area contributed by atoms with Crippen LogP contribution in [0.2, 0.25) is 0 Å². The van der Waals surface area contributed by atoms with Gasteiger partial charge in [-0.25, -0.2) is 4.39 Å². The minimum atomic E-state index is -0.324. The van der Waals surface area contributed by atoms with E-state index in [1.165, 1.54) is 4.88 Å². The molecule has 0 radical (unpaired) electrons. The monoisotopic (exact) mass is 279 g/mol. The quantitative estimate of drug-likeness (QED) is 0.919. The van der Waals surface area contributed by atoms with Gasteiger partial charge in [0, 0.05) is 15.8 Å². The SMILES string of the molecule is Cc1ccc(C(Oc2cccc(C)c2F)C(C)N)s1. The molecular weight excluding hydrogens is 261 g/mol. The number of ether oxygens (including phenoxy) is 1. The predicted octanol–water partition coefficient (Wildman–Crippen LogP) is 3.97. The molecule has 2 aromatic rings. The Bertz CT molecular complexity index is 565. The van der Waals surface area contributed by atoms with Gasteiger partial charge in [0.1, 0.15) is 6.10 Å². The highest BCUT2D eigenvalue weighted by atomic mass is 32.1. The van der Waals surface area contributed by atoms with Crippen molar-refractivity contribution in [3.63, 3.8) is 0 Å². The Labute approximate surface area is 117 Å². The van der Waals surface area contributed by atoms with Gasteiger partial charge in [0.05, 0.1) is 0 Å². The van der Waals surface area contributed by atoms with E-state index in [-0.39, 0.29) is 23.7 Å². The maximum absolute atomic E-state index is 14.0. The molecule has 0 fully saturated rings. The van der Waals surface area contributed by atoms with E-state index in [0.29, 0.717) is 5.56 Å². The summed E-state index contributed by atoms with van der Waals surface area (Å²) < 4.78 is 19.8. The average molecular weight is 279 g/mol. The molecule has 0 aliphatic heterocycles. The van der Waals surface area contributed by atoms with Crippen LogP contribution < -0.4 is 10.5 Å². The lowest BCUT2D eigenvalue weighted by Crippen LogP contribution is -2.28. The van der Waals surface area contributed by atoms with Gasteiger partial charge in [-0.05, 0) is 44.5 Å². The van der Waals surface area contributed by atoms with Crippen molar-refractivity contribution in [2.75, 3.05) is 0 Å². The fourth-order valence-corrected chi connectivity index (χ4v) is 2.90. The van der Waals surface area contributed by atoms with Crippen molar-refractivity contribution in [1.82, 2.24) is 0 Å². The molecule has 1 aromatic heterocycles. The maximum atomic E-state index is 14.0. The van der Waals surface area contributed by atoms with E-state index in [4.69, 9.17) is 10.5 Å². The van der Waals surface area contributed by atoms with Crippen molar-refractivity contribution in [1.29, 1.82) is 0 Å². The van der Waals surface area contributed by atoms with Crippen LogP contribution in [0.1, 0.15) is 28.3 Å². The van der Waals surface area contributed by atoms with E-state index in [9.17, 15) is 4.39 Å². The number of rotatable bonds is 4. The van der Waals surface area contributed by atoms with Crippen molar-refractivity contribution in [2.45, 2.75) is 32.9 Å². The van der Waals surface area contributed by atoms with Crippen LogP contribution in [0.3, 0.4) is 0 Å². The maximum Gasteiger partial charge on any atom is 0.167 e. The molecule has 2 N–H and O–H groups in total. The van der Waals surface area contributed by atoms with Crippen molar-refractivity contribution < 1.29 is 9.13 Å². The Morgan fingerprint density at radius 1 is 1.21 bits per heavy atom. The minimum Gasteiger partial charge on any atom is -0.480 e. The lowest BCUT2D eigenvalue weighted by molar-refractivity contribution is 0.176. The Morgan fingerprint density at radius 2 is 1.95 bits per heavy atom. The molecule has 0 bridgehead atoms. The summed E-state index contributed by atoms with van der Waals surface area (Å²) in [5.74, 6) is -0.0604. The number of halogens is 1. The molecular formula is C15H18FNOS. The summed E-state index contributed by atoms with van der Waals surface area (Å²) in [6.07, 6.45) is -0.324. The number of nitrogens with two attached hydrogens (primary N) is 1. The van der Waals surface area contributed by atoms with Crippen molar-refractivity contribution in [3.05, 3.63) is 51.5 Å². The molecule has 2 nitrogen and oxygen atoms in total. The first-order valence-corrected chi connectivity index (χ1v) is 7.04. The Kier molecular flexibility index (Phi) is 4.22. The van der Waals surface area contributed by atoms with Crippen LogP contribution in [-0.4, -0.2) is 6.04 Å².